The zero-order valence-corrected chi connectivity index (χ0v) is 12.7. The molecule has 1 aromatic heterocycles. The first-order valence-corrected chi connectivity index (χ1v) is 7.77. The van der Waals surface area contributed by atoms with Crippen molar-refractivity contribution in [3.8, 4) is 0 Å². The van der Waals surface area contributed by atoms with Crippen LogP contribution in [0.15, 0.2) is 28.7 Å². The molecule has 23 heavy (non-hydrogen) atoms. The zero-order chi connectivity index (χ0) is 16.2. The number of carboxylic acids is 1. The number of carbonyl (C=O) groups excluding carboxylic acids is 1. The number of carbonyl (C=O) groups is 2. The van der Waals surface area contributed by atoms with Gasteiger partial charge in [0.1, 0.15) is 5.58 Å². The summed E-state index contributed by atoms with van der Waals surface area (Å²) < 4.78 is 10.9. The number of carboxylic acid groups (broad SMARTS) is 1. The maximum Gasteiger partial charge on any atom is 0.372 e. The van der Waals surface area contributed by atoms with Crippen LogP contribution in [0.5, 0.6) is 0 Å². The summed E-state index contributed by atoms with van der Waals surface area (Å²) >= 11 is 0. The van der Waals surface area contributed by atoms with Crippen LogP contribution in [0.4, 0.5) is 0 Å². The van der Waals surface area contributed by atoms with Crippen LogP contribution in [0.25, 0.3) is 11.0 Å². The van der Waals surface area contributed by atoms with E-state index >= 15 is 0 Å². The van der Waals surface area contributed by atoms with E-state index in [-0.39, 0.29) is 24.3 Å². The van der Waals surface area contributed by atoms with E-state index in [9.17, 15) is 14.7 Å². The van der Waals surface area contributed by atoms with E-state index in [0.29, 0.717) is 29.4 Å². The van der Waals surface area contributed by atoms with Crippen molar-refractivity contribution in [2.45, 2.75) is 38.3 Å². The third-order valence-corrected chi connectivity index (χ3v) is 4.07. The minimum absolute atomic E-state index is 0.109. The Morgan fingerprint density at radius 1 is 1.30 bits per heavy atom. The number of aromatic carboxylic acids is 1. The fraction of sp³-hybridized carbons (Fsp3) is 0.412. The van der Waals surface area contributed by atoms with Gasteiger partial charge in [0.2, 0.25) is 11.7 Å². The molecule has 1 aliphatic rings. The van der Waals surface area contributed by atoms with Crippen LogP contribution in [0, 0.1) is 0 Å². The summed E-state index contributed by atoms with van der Waals surface area (Å²) in [5.41, 5.74) is 1.01. The molecule has 2 heterocycles. The number of furan rings is 1. The highest BCUT2D eigenvalue weighted by Crippen LogP contribution is 2.26. The molecule has 1 saturated heterocycles. The average Bonchev–Trinajstić information content (AvgIpc) is 3.18. The van der Waals surface area contributed by atoms with Crippen LogP contribution >= 0.6 is 0 Å². The molecule has 1 fully saturated rings. The van der Waals surface area contributed by atoms with E-state index < -0.39 is 5.97 Å². The Morgan fingerprint density at radius 2 is 2.13 bits per heavy atom. The van der Waals surface area contributed by atoms with Crippen molar-refractivity contribution < 1.29 is 23.8 Å². The van der Waals surface area contributed by atoms with Crippen molar-refractivity contribution >= 4 is 22.8 Å². The summed E-state index contributed by atoms with van der Waals surface area (Å²) in [6.45, 7) is 0.915. The normalized spacial score (nSPS) is 17.5. The predicted molar refractivity (Wildman–Crippen MR) is 83.2 cm³/mol. The quantitative estimate of drug-likeness (QED) is 0.855. The first kappa shape index (κ1) is 15.6. The third-order valence-electron chi connectivity index (χ3n) is 4.07. The topological polar surface area (TPSA) is 88.8 Å². The summed E-state index contributed by atoms with van der Waals surface area (Å²) in [7, 11) is 0. The van der Waals surface area contributed by atoms with Gasteiger partial charge in [0.15, 0.2) is 0 Å². The molecule has 1 atom stereocenters. The molecular formula is C17H19NO5. The second-order valence-electron chi connectivity index (χ2n) is 5.66. The smallest absolute Gasteiger partial charge is 0.372 e. The second-order valence-corrected chi connectivity index (χ2v) is 5.66. The third kappa shape index (κ3) is 3.53. The number of rotatable bonds is 6. The van der Waals surface area contributed by atoms with Gasteiger partial charge in [0.25, 0.3) is 0 Å². The van der Waals surface area contributed by atoms with Gasteiger partial charge in [0.05, 0.1) is 6.10 Å². The van der Waals surface area contributed by atoms with Gasteiger partial charge in [-0.3, -0.25) is 4.79 Å². The summed E-state index contributed by atoms with van der Waals surface area (Å²) in [5, 5.41) is 12.7. The fourth-order valence-corrected chi connectivity index (χ4v) is 2.89. The van der Waals surface area contributed by atoms with Gasteiger partial charge in [-0.2, -0.15) is 0 Å². The number of amides is 1. The Hall–Kier alpha value is -2.34. The molecular weight excluding hydrogens is 298 g/mol. The van der Waals surface area contributed by atoms with E-state index in [4.69, 9.17) is 9.15 Å². The van der Waals surface area contributed by atoms with Crippen LogP contribution in [0.3, 0.4) is 0 Å². The number of benzene rings is 1. The van der Waals surface area contributed by atoms with Crippen molar-refractivity contribution in [3.05, 3.63) is 35.6 Å². The van der Waals surface area contributed by atoms with Crippen LogP contribution in [0.1, 0.15) is 41.8 Å². The van der Waals surface area contributed by atoms with Gasteiger partial charge < -0.3 is 19.6 Å². The number of hydrogen-bond acceptors (Lipinski definition) is 4. The number of para-hydroxylation sites is 1. The fourth-order valence-electron chi connectivity index (χ4n) is 2.89. The van der Waals surface area contributed by atoms with Crippen LogP contribution < -0.4 is 5.32 Å². The molecule has 3 rings (SSSR count). The summed E-state index contributed by atoms with van der Waals surface area (Å²) in [4.78, 5) is 23.3. The molecule has 1 amide bonds. The standard InChI is InChI=1S/C17H19NO5/c19-15(8-7-11-4-3-9-22-11)18-10-13-12-5-1-2-6-14(12)23-16(13)17(20)21/h1-2,5-6,11H,3-4,7-10H2,(H,18,19)(H,20,21). The highest BCUT2D eigenvalue weighted by Gasteiger charge is 2.21. The molecule has 1 unspecified atom stereocenters. The molecule has 1 aliphatic heterocycles. The van der Waals surface area contributed by atoms with Gasteiger partial charge in [-0.25, -0.2) is 4.79 Å². The highest BCUT2D eigenvalue weighted by molar-refractivity contribution is 5.95. The molecule has 0 spiro atoms. The highest BCUT2D eigenvalue weighted by atomic mass is 16.5. The summed E-state index contributed by atoms with van der Waals surface area (Å²) in [6, 6.07) is 7.09. The van der Waals surface area contributed by atoms with E-state index in [1.54, 1.807) is 18.2 Å². The number of hydrogen-bond donors (Lipinski definition) is 2. The van der Waals surface area contributed by atoms with E-state index in [2.05, 4.69) is 5.32 Å². The molecule has 2 aromatic rings. The first-order chi connectivity index (χ1) is 11.1. The van der Waals surface area contributed by atoms with E-state index in [1.807, 2.05) is 6.07 Å². The number of ether oxygens (including phenoxy) is 1. The Morgan fingerprint density at radius 3 is 2.87 bits per heavy atom. The molecule has 0 aliphatic carbocycles. The Balaban J connectivity index is 1.65. The zero-order valence-electron chi connectivity index (χ0n) is 12.7. The molecule has 6 heteroatoms. The van der Waals surface area contributed by atoms with Crippen LogP contribution in [0.2, 0.25) is 0 Å². The van der Waals surface area contributed by atoms with E-state index in [0.717, 1.165) is 19.4 Å². The predicted octanol–water partition coefficient (Wildman–Crippen LogP) is 2.71. The molecule has 0 radical (unpaired) electrons. The van der Waals surface area contributed by atoms with Crippen molar-refractivity contribution in [1.29, 1.82) is 0 Å². The average molecular weight is 317 g/mol. The second kappa shape index (κ2) is 6.83. The molecule has 0 bridgehead atoms. The lowest BCUT2D eigenvalue weighted by Gasteiger charge is -2.09. The van der Waals surface area contributed by atoms with Gasteiger partial charge in [0, 0.05) is 30.5 Å². The molecule has 1 aromatic carbocycles. The number of nitrogens with one attached hydrogen (secondary N) is 1. The van der Waals surface area contributed by atoms with E-state index in [1.165, 1.54) is 0 Å². The van der Waals surface area contributed by atoms with Crippen molar-refractivity contribution in [3.63, 3.8) is 0 Å². The molecule has 6 nitrogen and oxygen atoms in total. The SMILES string of the molecule is O=C(CCC1CCCO1)NCc1c(C(=O)O)oc2ccccc12. The van der Waals surface area contributed by atoms with Crippen LogP contribution in [-0.2, 0) is 16.1 Å². The minimum atomic E-state index is -1.13. The van der Waals surface area contributed by atoms with Gasteiger partial charge in [-0.05, 0) is 25.3 Å². The first-order valence-electron chi connectivity index (χ1n) is 7.77. The Labute approximate surface area is 133 Å². The summed E-state index contributed by atoms with van der Waals surface area (Å²) in [6.07, 6.45) is 3.30. The summed E-state index contributed by atoms with van der Waals surface area (Å²) in [5.74, 6) is -1.36. The minimum Gasteiger partial charge on any atom is -0.475 e. The maximum atomic E-state index is 12.0. The van der Waals surface area contributed by atoms with Gasteiger partial charge in [-0.1, -0.05) is 18.2 Å². The maximum absolute atomic E-state index is 12.0. The lowest BCUT2D eigenvalue weighted by Crippen LogP contribution is -2.24. The van der Waals surface area contributed by atoms with Gasteiger partial charge >= 0.3 is 5.97 Å². The number of fused-ring (bicyclic) bond motifs is 1. The molecule has 2 N–H and O–H groups in total. The van der Waals surface area contributed by atoms with Crippen LogP contribution in [-0.4, -0.2) is 29.7 Å². The van der Waals surface area contributed by atoms with Crippen molar-refractivity contribution in [2.24, 2.45) is 0 Å². The molecule has 122 valence electrons. The van der Waals surface area contributed by atoms with Gasteiger partial charge in [-0.15, -0.1) is 0 Å². The largest absolute Gasteiger partial charge is 0.475 e. The molecule has 0 saturated carbocycles. The Kier molecular flexibility index (Phi) is 4.62. The monoisotopic (exact) mass is 317 g/mol. The van der Waals surface area contributed by atoms with Crippen molar-refractivity contribution in [1.82, 2.24) is 5.32 Å². The Bertz CT molecular complexity index is 715. The lowest BCUT2D eigenvalue weighted by molar-refractivity contribution is -0.121. The lowest BCUT2D eigenvalue weighted by atomic mass is 10.1. The van der Waals surface area contributed by atoms with Crippen molar-refractivity contribution in [2.75, 3.05) is 6.61 Å².